The molecule has 160 valence electrons. The number of aliphatic hydroxyl groups excluding tert-OH is 1. The molecule has 2 aromatic carbocycles. The van der Waals surface area contributed by atoms with Crippen LogP contribution in [0.1, 0.15) is 23.1 Å². The topological polar surface area (TPSA) is 87.1 Å². The van der Waals surface area contributed by atoms with E-state index in [1.807, 2.05) is 6.92 Å². The van der Waals surface area contributed by atoms with Crippen LogP contribution in [0.2, 0.25) is 0 Å². The van der Waals surface area contributed by atoms with Crippen molar-refractivity contribution < 1.29 is 24.2 Å². The standard InChI is InChI=1S/C24H24N2O5/c1-15-9-11-16(12-10-15)20(27)19-21(28)22(29)26(13-6-14-31-3)24(19)17-7-4-5-8-18(17)25(2)23(24)30/h4-5,7-12,27H,6,13-14H2,1-3H3/t24-/m1/s1. The predicted octanol–water partition coefficient (Wildman–Crippen LogP) is 2.58. The lowest BCUT2D eigenvalue weighted by atomic mass is 9.82. The van der Waals surface area contributed by atoms with Crippen LogP contribution in [0.5, 0.6) is 0 Å². The van der Waals surface area contributed by atoms with Crippen molar-refractivity contribution >= 4 is 29.0 Å². The number of aryl methyl sites for hydroxylation is 1. The zero-order valence-corrected chi connectivity index (χ0v) is 17.7. The molecular weight excluding hydrogens is 396 g/mol. The van der Waals surface area contributed by atoms with E-state index in [9.17, 15) is 19.5 Å². The van der Waals surface area contributed by atoms with Gasteiger partial charge in [0, 0.05) is 44.1 Å². The van der Waals surface area contributed by atoms with Crippen LogP contribution in [0.4, 0.5) is 5.69 Å². The molecule has 1 saturated heterocycles. The van der Waals surface area contributed by atoms with E-state index < -0.39 is 23.1 Å². The average Bonchev–Trinajstić information content (AvgIpc) is 3.13. The molecule has 0 bridgehead atoms. The number of ketones is 1. The van der Waals surface area contributed by atoms with Crippen LogP contribution >= 0.6 is 0 Å². The number of Topliss-reactive ketones (excluding diaryl/α,β-unsaturated/α-hetero) is 1. The normalized spacial score (nSPS) is 22.0. The summed E-state index contributed by atoms with van der Waals surface area (Å²) in [6.07, 6.45) is 0.439. The van der Waals surface area contributed by atoms with Crippen LogP contribution in [-0.2, 0) is 24.7 Å². The SMILES string of the molecule is COCCCN1C(=O)C(=O)C(=C(O)c2ccc(C)cc2)[C@]12C(=O)N(C)c1ccccc12. The van der Waals surface area contributed by atoms with Crippen molar-refractivity contribution in [3.05, 3.63) is 70.8 Å². The van der Waals surface area contributed by atoms with E-state index in [1.54, 1.807) is 62.7 Å². The Hall–Kier alpha value is -3.45. The number of nitrogens with zero attached hydrogens (tertiary/aromatic N) is 2. The van der Waals surface area contributed by atoms with Crippen molar-refractivity contribution in [2.24, 2.45) is 0 Å². The van der Waals surface area contributed by atoms with Gasteiger partial charge in [0.05, 0.1) is 5.57 Å². The van der Waals surface area contributed by atoms with Gasteiger partial charge in [-0.05, 0) is 19.4 Å². The summed E-state index contributed by atoms with van der Waals surface area (Å²) < 4.78 is 5.11. The Morgan fingerprint density at radius 3 is 2.42 bits per heavy atom. The molecule has 31 heavy (non-hydrogen) atoms. The van der Waals surface area contributed by atoms with Crippen LogP contribution in [0.15, 0.2) is 54.1 Å². The minimum atomic E-state index is -1.71. The first-order chi connectivity index (χ1) is 14.9. The van der Waals surface area contributed by atoms with E-state index >= 15 is 0 Å². The lowest BCUT2D eigenvalue weighted by molar-refractivity contribution is -0.143. The molecule has 4 rings (SSSR count). The van der Waals surface area contributed by atoms with Gasteiger partial charge in [-0.1, -0.05) is 48.0 Å². The van der Waals surface area contributed by atoms with Gasteiger partial charge in [0.15, 0.2) is 5.54 Å². The van der Waals surface area contributed by atoms with Gasteiger partial charge in [0.1, 0.15) is 5.76 Å². The van der Waals surface area contributed by atoms with E-state index in [1.165, 1.54) is 9.80 Å². The monoisotopic (exact) mass is 420 g/mol. The third-order valence-electron chi connectivity index (χ3n) is 5.99. The van der Waals surface area contributed by atoms with E-state index in [0.717, 1.165) is 5.56 Å². The molecule has 7 nitrogen and oxygen atoms in total. The molecule has 1 fully saturated rings. The summed E-state index contributed by atoms with van der Waals surface area (Å²) in [6.45, 7) is 2.41. The second kappa shape index (κ2) is 7.67. The molecule has 0 unspecified atom stereocenters. The fourth-order valence-electron chi connectivity index (χ4n) is 4.49. The Morgan fingerprint density at radius 2 is 1.74 bits per heavy atom. The number of fused-ring (bicyclic) bond motifs is 2. The number of methoxy groups -OCH3 is 1. The number of carbonyl (C=O) groups is 3. The van der Waals surface area contributed by atoms with Crippen molar-refractivity contribution in [2.45, 2.75) is 18.9 Å². The van der Waals surface area contributed by atoms with Crippen LogP contribution in [0.25, 0.3) is 5.76 Å². The van der Waals surface area contributed by atoms with Crippen molar-refractivity contribution in [1.29, 1.82) is 0 Å². The minimum absolute atomic E-state index is 0.136. The predicted molar refractivity (Wildman–Crippen MR) is 115 cm³/mol. The second-order valence-electron chi connectivity index (χ2n) is 7.81. The quantitative estimate of drug-likeness (QED) is 0.348. The Morgan fingerprint density at radius 1 is 1.06 bits per heavy atom. The molecular formula is C24H24N2O5. The van der Waals surface area contributed by atoms with Crippen molar-refractivity contribution in [2.75, 3.05) is 32.2 Å². The molecule has 2 heterocycles. The van der Waals surface area contributed by atoms with E-state index in [0.29, 0.717) is 29.8 Å². The Balaban J connectivity index is 2.01. The number of benzene rings is 2. The first kappa shape index (κ1) is 20.8. The largest absolute Gasteiger partial charge is 0.507 e. The number of hydrogen-bond acceptors (Lipinski definition) is 5. The van der Waals surface area contributed by atoms with Crippen LogP contribution in [-0.4, -0.2) is 54.9 Å². The maximum Gasteiger partial charge on any atom is 0.296 e. The van der Waals surface area contributed by atoms with Gasteiger partial charge >= 0.3 is 0 Å². The van der Waals surface area contributed by atoms with Crippen molar-refractivity contribution in [3.8, 4) is 0 Å². The van der Waals surface area contributed by atoms with Gasteiger partial charge in [-0.25, -0.2) is 0 Å². The number of ether oxygens (including phenoxy) is 1. The molecule has 2 aliphatic rings. The molecule has 2 aromatic rings. The van der Waals surface area contributed by atoms with Gasteiger partial charge in [0.2, 0.25) is 0 Å². The first-order valence-corrected chi connectivity index (χ1v) is 10.1. The number of amides is 2. The lowest BCUT2D eigenvalue weighted by Crippen LogP contribution is -2.51. The number of aliphatic hydroxyl groups is 1. The molecule has 1 N–H and O–H groups in total. The number of likely N-dealkylation sites (N-methyl/N-ethyl adjacent to an activating group) is 1. The lowest BCUT2D eigenvalue weighted by Gasteiger charge is -2.34. The highest BCUT2D eigenvalue weighted by Gasteiger charge is 2.66. The maximum absolute atomic E-state index is 13.7. The molecule has 2 aliphatic heterocycles. The summed E-state index contributed by atoms with van der Waals surface area (Å²) in [7, 11) is 3.15. The minimum Gasteiger partial charge on any atom is -0.507 e. The van der Waals surface area contributed by atoms with Crippen molar-refractivity contribution in [1.82, 2.24) is 4.90 Å². The summed E-state index contributed by atoms with van der Waals surface area (Å²) in [5, 5.41) is 11.2. The molecule has 0 aliphatic carbocycles. The summed E-state index contributed by atoms with van der Waals surface area (Å²) in [6, 6.07) is 14.0. The molecule has 2 amide bonds. The Labute approximate surface area is 180 Å². The van der Waals surface area contributed by atoms with E-state index in [2.05, 4.69) is 0 Å². The number of hydrogen-bond donors (Lipinski definition) is 1. The maximum atomic E-state index is 13.7. The summed E-state index contributed by atoms with van der Waals surface area (Å²) in [5.74, 6) is -2.47. The fourth-order valence-corrected chi connectivity index (χ4v) is 4.49. The highest BCUT2D eigenvalue weighted by atomic mass is 16.5. The number of anilines is 1. The number of carbonyl (C=O) groups excluding carboxylic acids is 3. The summed E-state index contributed by atoms with van der Waals surface area (Å²) in [5.41, 5.74) is 0.560. The average molecular weight is 420 g/mol. The molecule has 1 atom stereocenters. The van der Waals surface area contributed by atoms with Gasteiger partial charge in [-0.15, -0.1) is 0 Å². The summed E-state index contributed by atoms with van der Waals surface area (Å²) in [4.78, 5) is 42.8. The van der Waals surface area contributed by atoms with Gasteiger partial charge < -0.3 is 19.6 Å². The van der Waals surface area contributed by atoms with Crippen LogP contribution in [0.3, 0.4) is 0 Å². The van der Waals surface area contributed by atoms with Crippen LogP contribution in [0, 0.1) is 6.92 Å². The fraction of sp³-hybridized carbons (Fsp3) is 0.292. The van der Waals surface area contributed by atoms with E-state index in [-0.39, 0.29) is 17.9 Å². The number of rotatable bonds is 5. The zero-order chi connectivity index (χ0) is 22.3. The number of likely N-dealkylation sites (tertiary alicyclic amines) is 1. The van der Waals surface area contributed by atoms with Gasteiger partial charge in [0.25, 0.3) is 17.6 Å². The molecule has 1 spiro atoms. The smallest absolute Gasteiger partial charge is 0.296 e. The molecule has 0 radical (unpaired) electrons. The second-order valence-corrected chi connectivity index (χ2v) is 7.81. The highest BCUT2D eigenvalue weighted by molar-refractivity contribution is 6.50. The Kier molecular flexibility index (Phi) is 5.15. The molecule has 7 heteroatoms. The summed E-state index contributed by atoms with van der Waals surface area (Å²) >= 11 is 0. The number of para-hydroxylation sites is 1. The van der Waals surface area contributed by atoms with E-state index in [4.69, 9.17) is 4.74 Å². The Bertz CT molecular complexity index is 1110. The van der Waals surface area contributed by atoms with Crippen LogP contribution < -0.4 is 4.90 Å². The van der Waals surface area contributed by atoms with Crippen molar-refractivity contribution in [3.63, 3.8) is 0 Å². The zero-order valence-electron chi connectivity index (χ0n) is 17.7. The third kappa shape index (κ3) is 2.88. The third-order valence-corrected chi connectivity index (χ3v) is 5.99. The van der Waals surface area contributed by atoms with Gasteiger partial charge in [-0.3, -0.25) is 14.4 Å². The molecule has 0 saturated carbocycles. The highest BCUT2D eigenvalue weighted by Crippen LogP contribution is 2.53. The molecule has 0 aromatic heterocycles. The first-order valence-electron chi connectivity index (χ1n) is 10.1. The van der Waals surface area contributed by atoms with Gasteiger partial charge in [-0.2, -0.15) is 0 Å².